The predicted octanol–water partition coefficient (Wildman–Crippen LogP) is 16.6. The van der Waals surface area contributed by atoms with Crippen LogP contribution in [0.3, 0.4) is 0 Å². The third-order valence-corrected chi connectivity index (χ3v) is 12.3. The van der Waals surface area contributed by atoms with Gasteiger partial charge in [0, 0.05) is 74.0 Å². The van der Waals surface area contributed by atoms with E-state index in [1.54, 1.807) is 18.0 Å². The van der Waals surface area contributed by atoms with E-state index in [0.29, 0.717) is 37.0 Å². The molecule has 29 nitrogen and oxygen atoms in total. The molecule has 0 aliphatic carbocycles. The van der Waals surface area contributed by atoms with Gasteiger partial charge in [-0.2, -0.15) is 34.9 Å². The fourth-order valence-electron chi connectivity index (χ4n) is 7.77. The number of nitrogens with one attached hydrogen (secondary N) is 3. The van der Waals surface area contributed by atoms with Crippen LogP contribution in [0.25, 0.3) is 21.9 Å². The Bertz CT molecular complexity index is 3360. The van der Waals surface area contributed by atoms with Crippen molar-refractivity contribution in [2.24, 2.45) is 10.2 Å². The van der Waals surface area contributed by atoms with Crippen molar-refractivity contribution in [1.29, 1.82) is 0 Å². The summed E-state index contributed by atoms with van der Waals surface area (Å²) < 4.78 is 19.1. The van der Waals surface area contributed by atoms with Gasteiger partial charge in [0.2, 0.25) is 11.8 Å². The second-order valence-corrected chi connectivity index (χ2v) is 22.3. The molecule has 3 aliphatic heterocycles. The van der Waals surface area contributed by atoms with Crippen LogP contribution >= 0.6 is 0 Å². The Morgan fingerprint density at radius 1 is 0.476 bits per heavy atom. The zero-order chi connectivity index (χ0) is 81.1. The summed E-state index contributed by atoms with van der Waals surface area (Å²) in [6, 6.07) is 18.9. The first-order valence-electron chi connectivity index (χ1n) is 37.3. The summed E-state index contributed by atoms with van der Waals surface area (Å²) in [5.41, 5.74) is 2.95. The smallest absolute Gasteiger partial charge is 0.437 e. The number of benzene rings is 2. The van der Waals surface area contributed by atoms with Gasteiger partial charge in [-0.05, 0) is 153 Å². The quantitative estimate of drug-likeness (QED) is 0.121. The molecule has 0 saturated carbocycles. The summed E-state index contributed by atoms with van der Waals surface area (Å²) in [7, 11) is 0. The molecule has 8 aromatic rings. The van der Waals surface area contributed by atoms with Gasteiger partial charge in [0.15, 0.2) is 0 Å². The highest BCUT2D eigenvalue weighted by atomic mass is 16.6. The number of nitrogens with zero attached hydrogens (tertiary/aromatic N) is 18. The summed E-state index contributed by atoms with van der Waals surface area (Å²) in [4.78, 5) is 72.9. The molecule has 6 aromatic heterocycles. The van der Waals surface area contributed by atoms with E-state index in [0.717, 1.165) is 25.0 Å². The lowest BCUT2D eigenvalue weighted by Gasteiger charge is -2.17. The average molecular weight is 1450 g/mol. The summed E-state index contributed by atoms with van der Waals surface area (Å²) in [6.07, 6.45) is 11.7. The molecule has 0 unspecified atom stereocenters. The monoisotopic (exact) mass is 1450 g/mol. The highest BCUT2D eigenvalue weighted by Gasteiger charge is 2.24. The predicted molar refractivity (Wildman–Crippen MR) is 428 cm³/mol. The van der Waals surface area contributed by atoms with Crippen molar-refractivity contribution in [3.05, 3.63) is 122 Å². The van der Waals surface area contributed by atoms with Gasteiger partial charge in [0.05, 0.1) is 60.2 Å². The van der Waals surface area contributed by atoms with Crippen LogP contribution in [0.2, 0.25) is 0 Å². The number of aryl methyl sites for hydroxylation is 1. The van der Waals surface area contributed by atoms with Gasteiger partial charge >= 0.3 is 28.9 Å². The normalized spacial score (nSPS) is 11.6. The first-order valence-corrected chi connectivity index (χ1v) is 37.3. The van der Waals surface area contributed by atoms with E-state index in [1.807, 2.05) is 248 Å². The van der Waals surface area contributed by atoms with E-state index in [4.69, 9.17) is 4.74 Å². The molecule has 590 valence electrons. The van der Waals surface area contributed by atoms with E-state index in [1.165, 1.54) is 52.7 Å². The number of amides is 2. The van der Waals surface area contributed by atoms with Gasteiger partial charge in [0.25, 0.3) is 0 Å². The Labute approximate surface area is 617 Å². The zero-order valence-corrected chi connectivity index (χ0v) is 70.1. The number of cyclic esters (lactones) is 1. The van der Waals surface area contributed by atoms with Gasteiger partial charge in [-0.25, -0.2) is 48.8 Å². The first-order chi connectivity index (χ1) is 49.1. The molecule has 0 atom stereocenters. The summed E-state index contributed by atoms with van der Waals surface area (Å²) in [6.45, 7) is 72.0. The SMILES string of the molecule is CC.CC.CC.CC.CC.CC.CC.CC.CC(C)N1CCC=N1.CC(C)N1CCOC1=O.CC(C)N1N=CCC1=O.CC(C)n1cn[nH]c1=O.CC(C)n1cnc2ccccc21.CC(C)n1nc[nH]c1=O.CC(C)n1ncc2ccccc21.CC(C)n1nn[nH]c1=O.Cc1nn(C(C)C)c(=O)o1. The number of hydrazone groups is 2. The standard InChI is InChI=1S/2C10H12N2.C6H10N2O2.C6H10N2O.C6H12N2.C6H11NO2.2C5H9N3O.C4H8N4O.8C2H6/c1-8(2)12-7-11-9-5-3-4-6-10(9)12;1-8(2)12-10-6-4-3-5-9(10)7-11-12;1-4(2)8-6(9)10-5(3)7-8;1-5(2)8-6(9)3-4-7-8;1-6(2)8-5-3-4-7-8;1-5(2)7-3-4-9-6(7)8;1-4(2)8-3-6-7-5(8)9;1-4(2)8-5(9)6-3-7-8;1-3(2)8-4(9)5-6-7-8;8*1-2/h2*3-8H,1-2H3;4H,1-3H3;4-5H,3H2,1-2H3;4,6H,3,5H2,1-2H3;5H,3-4H2,1-2H3;3-4H,1-2H3,(H,7,9);3-4H,1-2H3,(H,6,7,9);3H,1-2H3,(H,5,7,9);8*1-2H3. The van der Waals surface area contributed by atoms with Crippen molar-refractivity contribution >= 4 is 46.4 Å². The van der Waals surface area contributed by atoms with Crippen LogP contribution in [0, 0.1) is 6.92 Å². The van der Waals surface area contributed by atoms with Crippen molar-refractivity contribution in [3.8, 4) is 0 Å². The Morgan fingerprint density at radius 2 is 1.00 bits per heavy atom. The fraction of sp³-hybridized carbons (Fsp3) is 0.662. The third-order valence-electron chi connectivity index (χ3n) is 12.3. The number of carbonyl (C=O) groups is 2. The number of hydrogen-bond acceptors (Lipinski definition) is 18. The third kappa shape index (κ3) is 41.6. The number of aromatic amines is 3. The molecule has 103 heavy (non-hydrogen) atoms. The van der Waals surface area contributed by atoms with Crippen LogP contribution in [-0.2, 0) is 9.53 Å². The number of carbonyl (C=O) groups excluding carboxylic acids is 2. The fourth-order valence-corrected chi connectivity index (χ4v) is 7.77. The molecule has 29 heteroatoms. The Kier molecular flexibility index (Phi) is 65.0. The minimum Gasteiger partial charge on any atom is -0.448 e. The average Bonchev–Trinajstić information content (AvgIpc) is 1.69. The first kappa shape index (κ1) is 105. The Balaban J connectivity index is -0.000000251. The number of aromatic nitrogens is 16. The molecule has 0 spiro atoms. The molecule has 3 aliphatic rings. The van der Waals surface area contributed by atoms with Crippen LogP contribution in [0.5, 0.6) is 0 Å². The lowest BCUT2D eigenvalue weighted by molar-refractivity contribution is -0.130. The molecule has 3 N–H and O–H groups in total. The zero-order valence-electron chi connectivity index (χ0n) is 70.1. The molecule has 1 fully saturated rings. The molecule has 0 bridgehead atoms. The molecule has 11 rings (SSSR count). The van der Waals surface area contributed by atoms with Crippen LogP contribution in [0.15, 0.2) is 108 Å². The second-order valence-electron chi connectivity index (χ2n) is 22.3. The number of fused-ring (bicyclic) bond motifs is 2. The lowest BCUT2D eigenvalue weighted by atomic mass is 10.2. The van der Waals surface area contributed by atoms with E-state index in [-0.39, 0.29) is 71.1 Å². The van der Waals surface area contributed by atoms with Crippen molar-refractivity contribution in [2.45, 2.75) is 310 Å². The van der Waals surface area contributed by atoms with E-state index < -0.39 is 0 Å². The van der Waals surface area contributed by atoms with E-state index >= 15 is 0 Å². The van der Waals surface area contributed by atoms with Gasteiger partial charge in [-0.3, -0.25) is 24.0 Å². The topological polar surface area (TPSA) is 326 Å². The lowest BCUT2D eigenvalue weighted by Crippen LogP contribution is -2.31. The van der Waals surface area contributed by atoms with Crippen molar-refractivity contribution in [3.63, 3.8) is 0 Å². The number of ether oxygens (including phenoxy) is 1. The molecule has 9 heterocycles. The van der Waals surface area contributed by atoms with Crippen molar-refractivity contribution in [1.82, 2.24) is 93.8 Å². The van der Waals surface area contributed by atoms with Crippen LogP contribution < -0.4 is 22.8 Å². The molecular formula is C74H141N21O8. The van der Waals surface area contributed by atoms with Gasteiger partial charge in [-0.1, -0.05) is 141 Å². The van der Waals surface area contributed by atoms with Gasteiger partial charge in [0.1, 0.15) is 19.3 Å². The van der Waals surface area contributed by atoms with Crippen LogP contribution in [0.4, 0.5) is 4.79 Å². The summed E-state index contributed by atoms with van der Waals surface area (Å²) >= 11 is 0. The van der Waals surface area contributed by atoms with Crippen LogP contribution in [-0.4, -0.2) is 156 Å². The number of tetrazole rings is 1. The summed E-state index contributed by atoms with van der Waals surface area (Å²) in [5, 5.41) is 39.7. The minimum atomic E-state index is -0.382. The highest BCUT2D eigenvalue weighted by molar-refractivity contribution is 5.93. The largest absolute Gasteiger partial charge is 0.448 e. The summed E-state index contributed by atoms with van der Waals surface area (Å²) in [5.74, 6) is 0.135. The molecule has 0 radical (unpaired) electrons. The molecule has 2 amide bonds. The van der Waals surface area contributed by atoms with Crippen molar-refractivity contribution in [2.75, 3.05) is 19.7 Å². The maximum atomic E-state index is 10.8. The number of hydrogen-bond donors (Lipinski definition) is 3. The maximum Gasteiger partial charge on any atom is 0.437 e. The number of rotatable bonds is 9. The van der Waals surface area contributed by atoms with Gasteiger partial charge in [-0.15, -0.1) is 5.10 Å². The van der Waals surface area contributed by atoms with Crippen molar-refractivity contribution < 1.29 is 18.7 Å². The Hall–Kier alpha value is -9.05. The minimum absolute atomic E-state index is 0.0740. The second kappa shape index (κ2) is 63.8. The van der Waals surface area contributed by atoms with E-state index in [2.05, 4.69) is 135 Å². The maximum absolute atomic E-state index is 10.8. The van der Waals surface area contributed by atoms with Gasteiger partial charge < -0.3 is 18.6 Å². The number of H-pyrrole nitrogens is 3. The molecule has 2 aromatic carbocycles. The number of para-hydroxylation sites is 3. The highest BCUT2D eigenvalue weighted by Crippen LogP contribution is 2.18. The van der Waals surface area contributed by atoms with E-state index in [9.17, 15) is 28.8 Å². The molecule has 1 saturated heterocycles. The Morgan fingerprint density at radius 3 is 1.30 bits per heavy atom. The van der Waals surface area contributed by atoms with Crippen LogP contribution in [0.1, 0.15) is 290 Å². The molecular weight excluding hydrogens is 1310 g/mol. The number of imidazole rings is 1.